The molecule has 0 amide bonds. The summed E-state index contributed by atoms with van der Waals surface area (Å²) in [5, 5.41) is 3.47. The highest BCUT2D eigenvalue weighted by molar-refractivity contribution is 4.76. The highest BCUT2D eigenvalue weighted by atomic mass is 16.5. The molecule has 0 saturated heterocycles. The van der Waals surface area contributed by atoms with Gasteiger partial charge in [0.2, 0.25) is 0 Å². The van der Waals surface area contributed by atoms with Gasteiger partial charge in [-0.25, -0.2) is 0 Å². The van der Waals surface area contributed by atoms with Crippen molar-refractivity contribution in [3.63, 3.8) is 0 Å². The SMILES string of the molecule is CCNC1CCC(OC)CC1. The Morgan fingerprint density at radius 1 is 1.27 bits per heavy atom. The van der Waals surface area contributed by atoms with Crippen molar-refractivity contribution < 1.29 is 4.74 Å². The van der Waals surface area contributed by atoms with Crippen LogP contribution < -0.4 is 5.32 Å². The molecule has 1 aliphatic rings. The summed E-state index contributed by atoms with van der Waals surface area (Å²) in [6.45, 7) is 3.27. The van der Waals surface area contributed by atoms with Gasteiger partial charge in [-0.05, 0) is 32.2 Å². The molecule has 0 atom stereocenters. The lowest BCUT2D eigenvalue weighted by Crippen LogP contribution is -2.34. The van der Waals surface area contributed by atoms with E-state index in [0.717, 1.165) is 12.6 Å². The Hall–Kier alpha value is -0.0800. The quantitative estimate of drug-likeness (QED) is 0.671. The van der Waals surface area contributed by atoms with Gasteiger partial charge in [0.15, 0.2) is 0 Å². The normalized spacial score (nSPS) is 32.2. The molecule has 0 unspecified atom stereocenters. The molecule has 0 bridgehead atoms. The maximum absolute atomic E-state index is 5.29. The summed E-state index contributed by atoms with van der Waals surface area (Å²) in [6.07, 6.45) is 5.56. The van der Waals surface area contributed by atoms with Gasteiger partial charge in [0, 0.05) is 13.2 Å². The van der Waals surface area contributed by atoms with Crippen LogP contribution in [0.25, 0.3) is 0 Å². The number of nitrogens with one attached hydrogen (secondary N) is 1. The van der Waals surface area contributed by atoms with Crippen LogP contribution in [0.5, 0.6) is 0 Å². The second-order valence-electron chi connectivity index (χ2n) is 3.27. The molecule has 66 valence electrons. The van der Waals surface area contributed by atoms with Crippen molar-refractivity contribution in [1.82, 2.24) is 5.32 Å². The summed E-state index contributed by atoms with van der Waals surface area (Å²) in [5.74, 6) is 0. The standard InChI is InChI=1S/C9H19NO/c1-3-10-8-4-6-9(11-2)7-5-8/h8-10H,3-7H2,1-2H3. The molecule has 2 heteroatoms. The van der Waals surface area contributed by atoms with E-state index in [-0.39, 0.29) is 0 Å². The average Bonchev–Trinajstić information content (AvgIpc) is 2.07. The van der Waals surface area contributed by atoms with E-state index in [2.05, 4.69) is 12.2 Å². The van der Waals surface area contributed by atoms with Gasteiger partial charge >= 0.3 is 0 Å². The molecule has 0 aromatic carbocycles. The summed E-state index contributed by atoms with van der Waals surface area (Å²) >= 11 is 0. The number of hydrogen-bond acceptors (Lipinski definition) is 2. The predicted molar refractivity (Wildman–Crippen MR) is 46.7 cm³/mol. The molecule has 1 fully saturated rings. The van der Waals surface area contributed by atoms with E-state index in [1.807, 2.05) is 7.11 Å². The van der Waals surface area contributed by atoms with Crippen LogP contribution in [0.1, 0.15) is 32.6 Å². The first kappa shape index (κ1) is 9.01. The zero-order chi connectivity index (χ0) is 8.10. The fourth-order valence-corrected chi connectivity index (χ4v) is 1.79. The van der Waals surface area contributed by atoms with E-state index >= 15 is 0 Å². The van der Waals surface area contributed by atoms with Gasteiger partial charge in [-0.2, -0.15) is 0 Å². The van der Waals surface area contributed by atoms with Crippen molar-refractivity contribution in [3.8, 4) is 0 Å². The van der Waals surface area contributed by atoms with E-state index in [9.17, 15) is 0 Å². The minimum atomic E-state index is 0.532. The lowest BCUT2D eigenvalue weighted by molar-refractivity contribution is 0.0628. The molecule has 1 N–H and O–H groups in total. The summed E-state index contributed by atoms with van der Waals surface area (Å²) in [6, 6.07) is 0.756. The summed E-state index contributed by atoms with van der Waals surface area (Å²) in [4.78, 5) is 0. The molecule has 0 heterocycles. The summed E-state index contributed by atoms with van der Waals surface area (Å²) in [5.41, 5.74) is 0. The fraction of sp³-hybridized carbons (Fsp3) is 1.00. The van der Waals surface area contributed by atoms with Crippen LogP contribution in [-0.2, 0) is 4.74 Å². The Balaban J connectivity index is 2.14. The number of hydrogen-bond donors (Lipinski definition) is 1. The van der Waals surface area contributed by atoms with Crippen LogP contribution in [0.2, 0.25) is 0 Å². The first-order chi connectivity index (χ1) is 5.36. The van der Waals surface area contributed by atoms with Crippen molar-refractivity contribution in [2.45, 2.75) is 44.8 Å². The molecule has 2 nitrogen and oxygen atoms in total. The minimum absolute atomic E-state index is 0.532. The van der Waals surface area contributed by atoms with Crippen molar-refractivity contribution in [3.05, 3.63) is 0 Å². The fourth-order valence-electron chi connectivity index (χ4n) is 1.79. The largest absolute Gasteiger partial charge is 0.381 e. The summed E-state index contributed by atoms with van der Waals surface area (Å²) < 4.78 is 5.29. The Morgan fingerprint density at radius 3 is 2.36 bits per heavy atom. The average molecular weight is 157 g/mol. The molecule has 1 rings (SSSR count). The van der Waals surface area contributed by atoms with Crippen molar-refractivity contribution in [2.24, 2.45) is 0 Å². The van der Waals surface area contributed by atoms with Crippen LogP contribution in [0.15, 0.2) is 0 Å². The molecule has 0 aromatic heterocycles. The number of ether oxygens (including phenoxy) is 1. The van der Waals surface area contributed by atoms with Gasteiger partial charge in [0.1, 0.15) is 0 Å². The first-order valence-corrected chi connectivity index (χ1v) is 4.63. The zero-order valence-corrected chi connectivity index (χ0v) is 7.60. The van der Waals surface area contributed by atoms with Crippen LogP contribution in [0.3, 0.4) is 0 Å². The van der Waals surface area contributed by atoms with Crippen LogP contribution >= 0.6 is 0 Å². The van der Waals surface area contributed by atoms with Gasteiger partial charge < -0.3 is 10.1 Å². The minimum Gasteiger partial charge on any atom is -0.381 e. The Bertz CT molecular complexity index is 97.7. The van der Waals surface area contributed by atoms with Gasteiger partial charge in [-0.1, -0.05) is 6.92 Å². The van der Waals surface area contributed by atoms with E-state index in [1.54, 1.807) is 0 Å². The van der Waals surface area contributed by atoms with Crippen LogP contribution in [-0.4, -0.2) is 25.8 Å². The zero-order valence-electron chi connectivity index (χ0n) is 7.60. The highest BCUT2D eigenvalue weighted by Crippen LogP contribution is 2.20. The first-order valence-electron chi connectivity index (χ1n) is 4.63. The second-order valence-corrected chi connectivity index (χ2v) is 3.27. The molecule has 0 radical (unpaired) electrons. The number of rotatable bonds is 3. The third-order valence-corrected chi connectivity index (χ3v) is 2.50. The highest BCUT2D eigenvalue weighted by Gasteiger charge is 2.19. The molecular weight excluding hydrogens is 138 g/mol. The third kappa shape index (κ3) is 2.80. The maximum atomic E-state index is 5.29. The van der Waals surface area contributed by atoms with E-state index in [0.29, 0.717) is 6.10 Å². The van der Waals surface area contributed by atoms with Crippen LogP contribution in [0, 0.1) is 0 Å². The third-order valence-electron chi connectivity index (χ3n) is 2.50. The maximum Gasteiger partial charge on any atom is 0.0572 e. The molecule has 0 spiro atoms. The Morgan fingerprint density at radius 2 is 1.91 bits per heavy atom. The monoisotopic (exact) mass is 157 g/mol. The second kappa shape index (κ2) is 4.73. The topological polar surface area (TPSA) is 21.3 Å². The van der Waals surface area contributed by atoms with E-state index in [4.69, 9.17) is 4.74 Å². The van der Waals surface area contributed by atoms with Gasteiger partial charge in [-0.3, -0.25) is 0 Å². The molecule has 1 aliphatic carbocycles. The predicted octanol–water partition coefficient (Wildman–Crippen LogP) is 1.55. The number of methoxy groups -OCH3 is 1. The molecular formula is C9H19NO. The lowest BCUT2D eigenvalue weighted by atomic mass is 9.93. The van der Waals surface area contributed by atoms with Gasteiger partial charge in [-0.15, -0.1) is 0 Å². The van der Waals surface area contributed by atoms with E-state index < -0.39 is 0 Å². The molecule has 0 aromatic rings. The van der Waals surface area contributed by atoms with Crippen molar-refractivity contribution in [2.75, 3.05) is 13.7 Å². The van der Waals surface area contributed by atoms with E-state index in [1.165, 1.54) is 25.7 Å². The molecule has 11 heavy (non-hydrogen) atoms. The van der Waals surface area contributed by atoms with Crippen LogP contribution in [0.4, 0.5) is 0 Å². The lowest BCUT2D eigenvalue weighted by Gasteiger charge is -2.27. The van der Waals surface area contributed by atoms with Crippen molar-refractivity contribution in [1.29, 1.82) is 0 Å². The Labute approximate surface area is 69.3 Å². The van der Waals surface area contributed by atoms with Gasteiger partial charge in [0.25, 0.3) is 0 Å². The Kier molecular flexibility index (Phi) is 3.87. The molecule has 0 aliphatic heterocycles. The summed E-state index contributed by atoms with van der Waals surface area (Å²) in [7, 11) is 1.82. The van der Waals surface area contributed by atoms with Gasteiger partial charge in [0.05, 0.1) is 6.10 Å². The van der Waals surface area contributed by atoms with Crippen molar-refractivity contribution >= 4 is 0 Å². The molecule has 1 saturated carbocycles. The smallest absolute Gasteiger partial charge is 0.0572 e.